The van der Waals surface area contributed by atoms with Crippen LogP contribution in [0.2, 0.25) is 0 Å². The average Bonchev–Trinajstić information content (AvgIpc) is 3.36. The molecule has 1 aliphatic heterocycles. The van der Waals surface area contributed by atoms with Gasteiger partial charge in [-0.1, -0.05) is 55.4 Å². The Kier molecular flexibility index (Phi) is 5.20. The van der Waals surface area contributed by atoms with Crippen LogP contribution in [0.4, 0.5) is 10.2 Å². The fourth-order valence-electron chi connectivity index (χ4n) is 4.10. The van der Waals surface area contributed by atoms with Gasteiger partial charge in [0, 0.05) is 35.4 Å². The number of hydrogen-bond acceptors (Lipinski definition) is 6. The number of aromatic nitrogens is 4. The number of amides is 1. The Morgan fingerprint density at radius 1 is 1.09 bits per heavy atom. The minimum atomic E-state index is -0.281. The molecule has 8 heteroatoms. The van der Waals surface area contributed by atoms with Crippen molar-refractivity contribution in [2.45, 2.75) is 39.7 Å². The van der Waals surface area contributed by atoms with Crippen LogP contribution in [-0.2, 0) is 17.8 Å². The molecular formula is C25H22FN5O2. The van der Waals surface area contributed by atoms with Crippen LogP contribution in [0.1, 0.15) is 42.3 Å². The van der Waals surface area contributed by atoms with Gasteiger partial charge in [-0.05, 0) is 17.5 Å². The summed E-state index contributed by atoms with van der Waals surface area (Å²) >= 11 is 0. The number of benzene rings is 2. The number of aryl methyl sites for hydroxylation is 1. The number of hydrogen-bond donors (Lipinski definition) is 0. The summed E-state index contributed by atoms with van der Waals surface area (Å²) in [6.45, 7) is 5.98. The third kappa shape index (κ3) is 3.88. The number of nitrogens with zero attached hydrogens (tertiary/aromatic N) is 5. The van der Waals surface area contributed by atoms with Gasteiger partial charge >= 0.3 is 0 Å². The number of rotatable bonds is 5. The quantitative estimate of drug-likeness (QED) is 0.438. The van der Waals surface area contributed by atoms with E-state index >= 15 is 0 Å². The van der Waals surface area contributed by atoms with E-state index in [1.807, 2.05) is 44.2 Å². The van der Waals surface area contributed by atoms with Crippen LogP contribution in [0.5, 0.6) is 0 Å². The SMILES string of the molecule is Cc1nc(-c2ccc(CN3C(=O)Cc4cnc(-c5cccc(F)c5C(C)C)nc43)cc2)no1. The van der Waals surface area contributed by atoms with Crippen molar-refractivity contribution in [3.8, 4) is 22.8 Å². The van der Waals surface area contributed by atoms with Crippen molar-refractivity contribution in [3.63, 3.8) is 0 Å². The number of carbonyl (C=O) groups excluding carboxylic acids is 1. The summed E-state index contributed by atoms with van der Waals surface area (Å²) in [4.78, 5) is 27.8. The monoisotopic (exact) mass is 443 g/mol. The molecule has 2 aromatic heterocycles. The second-order valence-electron chi connectivity index (χ2n) is 8.39. The van der Waals surface area contributed by atoms with Crippen molar-refractivity contribution < 1.29 is 13.7 Å². The molecule has 0 spiro atoms. The lowest BCUT2D eigenvalue weighted by molar-refractivity contribution is -0.117. The van der Waals surface area contributed by atoms with E-state index in [1.165, 1.54) is 6.07 Å². The van der Waals surface area contributed by atoms with Crippen molar-refractivity contribution in [2.24, 2.45) is 0 Å². The van der Waals surface area contributed by atoms with E-state index in [4.69, 9.17) is 9.51 Å². The van der Waals surface area contributed by atoms with Gasteiger partial charge < -0.3 is 4.52 Å². The minimum absolute atomic E-state index is 0.0303. The summed E-state index contributed by atoms with van der Waals surface area (Å²) in [5.41, 5.74) is 3.76. The van der Waals surface area contributed by atoms with Gasteiger partial charge in [0.15, 0.2) is 5.82 Å². The van der Waals surface area contributed by atoms with E-state index in [0.29, 0.717) is 41.0 Å². The van der Waals surface area contributed by atoms with Gasteiger partial charge in [-0.15, -0.1) is 0 Å². The Morgan fingerprint density at radius 3 is 2.58 bits per heavy atom. The first-order valence-electron chi connectivity index (χ1n) is 10.8. The molecule has 1 aliphatic rings. The van der Waals surface area contributed by atoms with E-state index in [1.54, 1.807) is 24.1 Å². The molecule has 166 valence electrons. The molecule has 4 aromatic rings. The Balaban J connectivity index is 1.46. The molecule has 0 N–H and O–H groups in total. The molecule has 0 fully saturated rings. The van der Waals surface area contributed by atoms with Crippen LogP contribution in [0.3, 0.4) is 0 Å². The summed E-state index contributed by atoms with van der Waals surface area (Å²) in [5, 5.41) is 3.93. The summed E-state index contributed by atoms with van der Waals surface area (Å²) < 4.78 is 19.5. The molecule has 0 radical (unpaired) electrons. The highest BCUT2D eigenvalue weighted by atomic mass is 19.1. The molecule has 0 unspecified atom stereocenters. The van der Waals surface area contributed by atoms with Crippen LogP contribution in [-0.4, -0.2) is 26.0 Å². The lowest BCUT2D eigenvalue weighted by Gasteiger charge is -2.18. The average molecular weight is 443 g/mol. The van der Waals surface area contributed by atoms with Crippen LogP contribution < -0.4 is 4.90 Å². The van der Waals surface area contributed by atoms with Gasteiger partial charge in [0.05, 0.1) is 13.0 Å². The van der Waals surface area contributed by atoms with E-state index in [0.717, 1.165) is 16.7 Å². The third-order valence-corrected chi connectivity index (χ3v) is 5.69. The second kappa shape index (κ2) is 8.20. The standard InChI is InChI=1S/C25H22FN5O2/c1-14(2)22-19(5-4-6-20(22)26)24-27-12-18-11-21(32)31(25(18)29-24)13-16-7-9-17(10-8-16)23-28-15(3)33-30-23/h4-10,12,14H,11,13H2,1-3H3. The normalized spacial score (nSPS) is 13.1. The van der Waals surface area contributed by atoms with E-state index in [9.17, 15) is 9.18 Å². The first kappa shape index (κ1) is 20.9. The predicted molar refractivity (Wildman–Crippen MR) is 121 cm³/mol. The molecule has 1 amide bonds. The van der Waals surface area contributed by atoms with Crippen LogP contribution in [0.25, 0.3) is 22.8 Å². The second-order valence-corrected chi connectivity index (χ2v) is 8.39. The van der Waals surface area contributed by atoms with E-state index < -0.39 is 0 Å². The van der Waals surface area contributed by atoms with Crippen molar-refractivity contribution in [1.82, 2.24) is 20.1 Å². The Bertz CT molecular complexity index is 1350. The summed E-state index contributed by atoms with van der Waals surface area (Å²) in [5.74, 6) is 1.66. The Labute approximate surface area is 190 Å². The Morgan fingerprint density at radius 2 is 1.88 bits per heavy atom. The van der Waals surface area contributed by atoms with Gasteiger partial charge in [-0.2, -0.15) is 4.98 Å². The maximum atomic E-state index is 14.5. The van der Waals surface area contributed by atoms with Gasteiger partial charge in [-0.25, -0.2) is 14.4 Å². The fourth-order valence-corrected chi connectivity index (χ4v) is 4.10. The van der Waals surface area contributed by atoms with Gasteiger partial charge in [0.1, 0.15) is 11.6 Å². The number of halogens is 1. The first-order chi connectivity index (χ1) is 15.9. The zero-order valence-electron chi connectivity index (χ0n) is 18.5. The first-order valence-corrected chi connectivity index (χ1v) is 10.8. The van der Waals surface area contributed by atoms with Crippen molar-refractivity contribution in [1.29, 1.82) is 0 Å². The summed E-state index contributed by atoms with van der Waals surface area (Å²) in [6.07, 6.45) is 1.92. The van der Waals surface area contributed by atoms with E-state index in [2.05, 4.69) is 15.1 Å². The van der Waals surface area contributed by atoms with Gasteiger partial charge in [-0.3, -0.25) is 9.69 Å². The van der Waals surface area contributed by atoms with Crippen LogP contribution in [0.15, 0.2) is 53.2 Å². The molecule has 0 saturated carbocycles. The molecule has 0 saturated heterocycles. The third-order valence-electron chi connectivity index (χ3n) is 5.69. The minimum Gasteiger partial charge on any atom is -0.339 e. The van der Waals surface area contributed by atoms with Gasteiger partial charge in [0.25, 0.3) is 0 Å². The topological polar surface area (TPSA) is 85.0 Å². The summed E-state index contributed by atoms with van der Waals surface area (Å²) in [6, 6.07) is 12.6. The zero-order chi connectivity index (χ0) is 23.1. The van der Waals surface area contributed by atoms with Crippen LogP contribution in [0, 0.1) is 12.7 Å². The lowest BCUT2D eigenvalue weighted by Crippen LogP contribution is -2.26. The lowest BCUT2D eigenvalue weighted by atomic mass is 9.96. The molecule has 5 rings (SSSR count). The van der Waals surface area contributed by atoms with Crippen molar-refractivity contribution in [2.75, 3.05) is 4.90 Å². The van der Waals surface area contributed by atoms with Crippen LogP contribution >= 0.6 is 0 Å². The summed E-state index contributed by atoms with van der Waals surface area (Å²) in [7, 11) is 0. The fraction of sp³-hybridized carbons (Fsp3) is 0.240. The Hall–Kier alpha value is -3.94. The number of anilines is 1. The zero-order valence-corrected chi connectivity index (χ0v) is 18.5. The maximum absolute atomic E-state index is 14.5. The van der Waals surface area contributed by atoms with Gasteiger partial charge in [0.2, 0.25) is 17.6 Å². The number of carbonyl (C=O) groups is 1. The smallest absolute Gasteiger partial charge is 0.233 e. The molecule has 0 bridgehead atoms. The molecule has 3 heterocycles. The molecule has 33 heavy (non-hydrogen) atoms. The largest absolute Gasteiger partial charge is 0.339 e. The predicted octanol–water partition coefficient (Wildman–Crippen LogP) is 4.85. The maximum Gasteiger partial charge on any atom is 0.233 e. The molecule has 2 aromatic carbocycles. The molecule has 0 atom stereocenters. The molecule has 0 aliphatic carbocycles. The van der Waals surface area contributed by atoms with Crippen molar-refractivity contribution in [3.05, 3.63) is 77.1 Å². The number of fused-ring (bicyclic) bond motifs is 1. The highest BCUT2D eigenvalue weighted by molar-refractivity contribution is 6.00. The molecule has 7 nitrogen and oxygen atoms in total. The van der Waals surface area contributed by atoms with E-state index in [-0.39, 0.29) is 24.1 Å². The molecular weight excluding hydrogens is 421 g/mol. The highest BCUT2D eigenvalue weighted by Crippen LogP contribution is 2.34. The highest BCUT2D eigenvalue weighted by Gasteiger charge is 2.30. The van der Waals surface area contributed by atoms with Crippen molar-refractivity contribution >= 4 is 11.7 Å².